The minimum Gasteiger partial charge on any atom is -0.335 e. The Morgan fingerprint density at radius 3 is 2.12 bits per heavy atom. The third-order valence-electron chi connectivity index (χ3n) is 2.88. The van der Waals surface area contributed by atoms with Crippen molar-refractivity contribution in [2.75, 3.05) is 13.1 Å². The van der Waals surface area contributed by atoms with Gasteiger partial charge >= 0.3 is 6.03 Å². The Morgan fingerprint density at radius 1 is 1.06 bits per heavy atom. The minimum atomic E-state index is 0.115. The smallest absolute Gasteiger partial charge is 0.317 e. The van der Waals surface area contributed by atoms with Crippen molar-refractivity contribution in [2.24, 2.45) is 0 Å². The fraction of sp³-hybridized carbons (Fsp3) is 0.923. The highest BCUT2D eigenvalue weighted by atomic mass is 16.2. The quantitative estimate of drug-likeness (QED) is 0.678. The summed E-state index contributed by atoms with van der Waals surface area (Å²) in [6, 6.07) is 0.442. The van der Waals surface area contributed by atoms with Crippen LogP contribution in [0.1, 0.15) is 59.8 Å². The standard InChI is InChI=1S/C13H28N2O/c1-5-9-11-15(10-6-2)13(16)14-12(7-3)8-4/h12H,5-11H2,1-4H3,(H,14,16). The van der Waals surface area contributed by atoms with Crippen LogP contribution in [0.4, 0.5) is 4.79 Å². The molecule has 0 aliphatic heterocycles. The molecule has 0 saturated heterocycles. The Labute approximate surface area is 101 Å². The van der Waals surface area contributed by atoms with Crippen molar-refractivity contribution in [1.82, 2.24) is 10.2 Å². The summed E-state index contributed by atoms with van der Waals surface area (Å²) in [5.41, 5.74) is 0. The van der Waals surface area contributed by atoms with Crippen LogP contribution in [0.15, 0.2) is 0 Å². The average molecular weight is 228 g/mol. The number of rotatable bonds is 8. The van der Waals surface area contributed by atoms with Gasteiger partial charge in [0.15, 0.2) is 0 Å². The van der Waals surface area contributed by atoms with Gasteiger partial charge in [-0.05, 0) is 25.7 Å². The highest BCUT2D eigenvalue weighted by molar-refractivity contribution is 5.74. The van der Waals surface area contributed by atoms with Crippen LogP contribution in [0.2, 0.25) is 0 Å². The number of urea groups is 1. The maximum Gasteiger partial charge on any atom is 0.317 e. The molecule has 0 bridgehead atoms. The molecule has 16 heavy (non-hydrogen) atoms. The molecule has 0 radical (unpaired) electrons. The molecule has 0 fully saturated rings. The molecule has 0 aliphatic carbocycles. The van der Waals surface area contributed by atoms with Gasteiger partial charge in [-0.2, -0.15) is 0 Å². The molecule has 3 nitrogen and oxygen atoms in total. The Balaban J connectivity index is 4.13. The zero-order valence-corrected chi connectivity index (χ0v) is 11.4. The van der Waals surface area contributed by atoms with Crippen LogP contribution < -0.4 is 5.32 Å². The van der Waals surface area contributed by atoms with Crippen molar-refractivity contribution in [1.29, 1.82) is 0 Å². The van der Waals surface area contributed by atoms with E-state index in [9.17, 15) is 4.79 Å². The van der Waals surface area contributed by atoms with Crippen LogP contribution in [-0.4, -0.2) is 30.1 Å². The van der Waals surface area contributed by atoms with Crippen LogP contribution >= 0.6 is 0 Å². The maximum absolute atomic E-state index is 12.0. The highest BCUT2D eigenvalue weighted by Crippen LogP contribution is 2.01. The molecule has 0 spiro atoms. The Bertz CT molecular complexity index is 179. The molecule has 1 N–H and O–H groups in total. The molecule has 0 aliphatic rings. The summed E-state index contributed by atoms with van der Waals surface area (Å²) in [7, 11) is 0. The van der Waals surface area contributed by atoms with Gasteiger partial charge in [-0.15, -0.1) is 0 Å². The van der Waals surface area contributed by atoms with Crippen molar-refractivity contribution in [3.05, 3.63) is 0 Å². The lowest BCUT2D eigenvalue weighted by atomic mass is 10.2. The van der Waals surface area contributed by atoms with Crippen LogP contribution in [0.25, 0.3) is 0 Å². The lowest BCUT2D eigenvalue weighted by Crippen LogP contribution is -2.45. The highest BCUT2D eigenvalue weighted by Gasteiger charge is 2.14. The number of nitrogens with zero attached hydrogens (tertiary/aromatic N) is 1. The molecular formula is C13H28N2O. The summed E-state index contributed by atoms with van der Waals surface area (Å²) in [6.45, 7) is 10.3. The van der Waals surface area contributed by atoms with E-state index in [1.54, 1.807) is 0 Å². The predicted octanol–water partition coefficient (Wildman–Crippen LogP) is 3.40. The molecule has 0 saturated carbocycles. The summed E-state index contributed by atoms with van der Waals surface area (Å²) >= 11 is 0. The van der Waals surface area contributed by atoms with E-state index in [0.717, 1.165) is 45.2 Å². The van der Waals surface area contributed by atoms with Crippen LogP contribution in [0, 0.1) is 0 Å². The third-order valence-corrected chi connectivity index (χ3v) is 2.88. The normalized spacial score (nSPS) is 10.6. The lowest BCUT2D eigenvalue weighted by Gasteiger charge is -2.25. The SMILES string of the molecule is CCCCN(CCC)C(=O)NC(CC)CC. The van der Waals surface area contributed by atoms with Crippen molar-refractivity contribution in [2.45, 2.75) is 65.8 Å². The van der Waals surface area contributed by atoms with Gasteiger partial charge in [-0.1, -0.05) is 34.1 Å². The molecule has 0 unspecified atom stereocenters. The average Bonchev–Trinajstić information content (AvgIpc) is 2.31. The Hall–Kier alpha value is -0.730. The van der Waals surface area contributed by atoms with E-state index in [2.05, 4.69) is 33.0 Å². The summed E-state index contributed by atoms with van der Waals surface area (Å²) in [5, 5.41) is 3.10. The van der Waals surface area contributed by atoms with Crippen LogP contribution in [0.5, 0.6) is 0 Å². The van der Waals surface area contributed by atoms with E-state index in [4.69, 9.17) is 0 Å². The first kappa shape index (κ1) is 15.3. The summed E-state index contributed by atoms with van der Waals surface area (Å²) < 4.78 is 0. The van der Waals surface area contributed by atoms with E-state index in [0.29, 0.717) is 6.04 Å². The second-order valence-electron chi connectivity index (χ2n) is 4.30. The van der Waals surface area contributed by atoms with Gasteiger partial charge in [-0.3, -0.25) is 0 Å². The molecule has 0 aromatic heterocycles. The van der Waals surface area contributed by atoms with Crippen molar-refractivity contribution in [3.8, 4) is 0 Å². The van der Waals surface area contributed by atoms with Crippen molar-refractivity contribution in [3.63, 3.8) is 0 Å². The first-order chi connectivity index (χ1) is 7.69. The van der Waals surface area contributed by atoms with Gasteiger partial charge in [0.05, 0.1) is 0 Å². The molecular weight excluding hydrogens is 200 g/mol. The number of carbonyl (C=O) groups is 1. The van der Waals surface area contributed by atoms with Gasteiger partial charge in [0, 0.05) is 19.1 Å². The first-order valence-corrected chi connectivity index (χ1v) is 6.74. The summed E-state index contributed by atoms with van der Waals surface area (Å²) in [6.07, 6.45) is 5.28. The fourth-order valence-electron chi connectivity index (χ4n) is 1.69. The predicted molar refractivity (Wildman–Crippen MR) is 69.7 cm³/mol. The van der Waals surface area contributed by atoms with Crippen LogP contribution in [-0.2, 0) is 0 Å². The van der Waals surface area contributed by atoms with Crippen molar-refractivity contribution >= 4 is 6.03 Å². The number of hydrogen-bond donors (Lipinski definition) is 1. The molecule has 0 aromatic carbocycles. The Kier molecular flexibility index (Phi) is 9.06. The fourth-order valence-corrected chi connectivity index (χ4v) is 1.69. The van der Waals surface area contributed by atoms with Gasteiger partial charge in [0.1, 0.15) is 0 Å². The number of nitrogens with one attached hydrogen (secondary N) is 1. The minimum absolute atomic E-state index is 0.115. The molecule has 0 aromatic rings. The second kappa shape index (κ2) is 9.49. The zero-order chi connectivity index (χ0) is 12.4. The Morgan fingerprint density at radius 2 is 1.69 bits per heavy atom. The maximum atomic E-state index is 12.0. The molecule has 96 valence electrons. The van der Waals surface area contributed by atoms with Gasteiger partial charge in [-0.25, -0.2) is 4.79 Å². The molecule has 3 heteroatoms. The largest absolute Gasteiger partial charge is 0.335 e. The van der Waals surface area contributed by atoms with E-state index >= 15 is 0 Å². The summed E-state index contributed by atoms with van der Waals surface area (Å²) in [4.78, 5) is 13.9. The number of carbonyl (C=O) groups excluding carboxylic acids is 1. The number of hydrogen-bond acceptors (Lipinski definition) is 1. The van der Waals surface area contributed by atoms with E-state index in [1.807, 2.05) is 4.90 Å². The van der Waals surface area contributed by atoms with E-state index in [-0.39, 0.29) is 6.03 Å². The molecule has 0 rings (SSSR count). The number of unbranched alkanes of at least 4 members (excludes halogenated alkanes) is 1. The molecule has 2 amide bonds. The van der Waals surface area contributed by atoms with Gasteiger partial charge < -0.3 is 10.2 Å². The van der Waals surface area contributed by atoms with E-state index < -0.39 is 0 Å². The van der Waals surface area contributed by atoms with Crippen LogP contribution in [0.3, 0.4) is 0 Å². The second-order valence-corrected chi connectivity index (χ2v) is 4.30. The first-order valence-electron chi connectivity index (χ1n) is 6.74. The van der Waals surface area contributed by atoms with Gasteiger partial charge in [0.25, 0.3) is 0 Å². The molecule has 0 atom stereocenters. The number of amides is 2. The third kappa shape index (κ3) is 5.99. The molecule has 0 heterocycles. The van der Waals surface area contributed by atoms with Crippen molar-refractivity contribution < 1.29 is 4.79 Å². The topological polar surface area (TPSA) is 32.3 Å². The summed E-state index contributed by atoms with van der Waals surface area (Å²) in [5.74, 6) is 0. The monoisotopic (exact) mass is 228 g/mol. The zero-order valence-electron chi connectivity index (χ0n) is 11.4. The van der Waals surface area contributed by atoms with Gasteiger partial charge in [0.2, 0.25) is 0 Å². The lowest BCUT2D eigenvalue weighted by molar-refractivity contribution is 0.192. The van der Waals surface area contributed by atoms with E-state index in [1.165, 1.54) is 0 Å².